The van der Waals surface area contributed by atoms with Gasteiger partial charge in [-0.1, -0.05) is 30.3 Å². The van der Waals surface area contributed by atoms with Gasteiger partial charge in [0.25, 0.3) is 0 Å². The minimum Gasteiger partial charge on any atom is -0.462 e. The standard InChI is InChI=1S/C24H18FNO4S/c1-2-29-24(28)22-19(15-7-9-17(25)10-8-15)14-31-23(22)26-21(27)12-11-18-13-16-5-3-4-6-20(16)30-18/h3-14H,2H2,1H3,(H,26,27)/b12-11+. The first kappa shape index (κ1) is 20.6. The van der Waals surface area contributed by atoms with Crippen molar-refractivity contribution < 1.29 is 23.1 Å². The molecule has 0 aliphatic carbocycles. The van der Waals surface area contributed by atoms with Crippen LogP contribution < -0.4 is 5.32 Å². The fourth-order valence-electron chi connectivity index (χ4n) is 3.09. The first-order chi connectivity index (χ1) is 15.0. The van der Waals surface area contributed by atoms with Crippen molar-refractivity contribution in [1.82, 2.24) is 0 Å². The Morgan fingerprint density at radius 1 is 1.16 bits per heavy atom. The molecular weight excluding hydrogens is 417 g/mol. The highest BCUT2D eigenvalue weighted by Crippen LogP contribution is 2.36. The molecule has 0 atom stereocenters. The maximum Gasteiger partial charge on any atom is 0.341 e. The Labute approximate surface area is 181 Å². The van der Waals surface area contributed by atoms with E-state index >= 15 is 0 Å². The zero-order valence-corrected chi connectivity index (χ0v) is 17.4. The summed E-state index contributed by atoms with van der Waals surface area (Å²) in [6.45, 7) is 1.90. The van der Waals surface area contributed by atoms with E-state index in [1.807, 2.05) is 30.3 Å². The van der Waals surface area contributed by atoms with Crippen molar-refractivity contribution in [2.45, 2.75) is 6.92 Å². The summed E-state index contributed by atoms with van der Waals surface area (Å²) in [5, 5.41) is 5.76. The Morgan fingerprint density at radius 3 is 2.68 bits per heavy atom. The summed E-state index contributed by atoms with van der Waals surface area (Å²) in [7, 11) is 0. The Bertz CT molecular complexity index is 1240. The molecule has 7 heteroatoms. The maximum atomic E-state index is 13.3. The number of fused-ring (bicyclic) bond motifs is 1. The van der Waals surface area contributed by atoms with Crippen LogP contribution in [0.5, 0.6) is 0 Å². The molecule has 0 spiro atoms. The van der Waals surface area contributed by atoms with Crippen molar-refractivity contribution in [3.63, 3.8) is 0 Å². The van der Waals surface area contributed by atoms with Gasteiger partial charge in [0.15, 0.2) is 0 Å². The topological polar surface area (TPSA) is 68.5 Å². The fraction of sp³-hybridized carbons (Fsp3) is 0.0833. The Morgan fingerprint density at radius 2 is 1.94 bits per heavy atom. The summed E-state index contributed by atoms with van der Waals surface area (Å²) in [4.78, 5) is 25.1. The van der Waals surface area contributed by atoms with Crippen LogP contribution in [0.4, 0.5) is 9.39 Å². The molecule has 0 saturated carbocycles. The highest BCUT2D eigenvalue weighted by molar-refractivity contribution is 7.15. The molecule has 4 aromatic rings. The zero-order chi connectivity index (χ0) is 21.8. The van der Waals surface area contributed by atoms with Gasteiger partial charge in [-0.25, -0.2) is 9.18 Å². The molecule has 0 bridgehead atoms. The quantitative estimate of drug-likeness (QED) is 0.292. The summed E-state index contributed by atoms with van der Waals surface area (Å²) < 4.78 is 24.1. The number of para-hydroxylation sites is 1. The van der Waals surface area contributed by atoms with E-state index in [-0.39, 0.29) is 18.0 Å². The summed E-state index contributed by atoms with van der Waals surface area (Å²) in [5.74, 6) is -0.806. The fourth-order valence-corrected chi connectivity index (χ4v) is 4.05. The number of benzene rings is 2. The van der Waals surface area contributed by atoms with Gasteiger partial charge in [-0.05, 0) is 42.8 Å². The van der Waals surface area contributed by atoms with Gasteiger partial charge in [0, 0.05) is 22.4 Å². The summed E-state index contributed by atoms with van der Waals surface area (Å²) in [6, 6.07) is 15.2. The molecule has 0 aliphatic rings. The Balaban J connectivity index is 1.58. The molecule has 1 amide bonds. The molecule has 2 heterocycles. The molecule has 5 nitrogen and oxygen atoms in total. The van der Waals surface area contributed by atoms with Crippen LogP contribution in [0.1, 0.15) is 23.0 Å². The van der Waals surface area contributed by atoms with E-state index in [1.54, 1.807) is 30.5 Å². The number of halogens is 1. The Kier molecular flexibility index (Phi) is 5.95. The predicted molar refractivity (Wildman–Crippen MR) is 120 cm³/mol. The molecule has 0 unspecified atom stereocenters. The summed E-state index contributed by atoms with van der Waals surface area (Å²) in [6.07, 6.45) is 2.90. The molecular formula is C24H18FNO4S. The zero-order valence-electron chi connectivity index (χ0n) is 16.6. The second-order valence-electron chi connectivity index (χ2n) is 6.59. The average molecular weight is 435 g/mol. The molecule has 1 N–H and O–H groups in total. The van der Waals surface area contributed by atoms with Crippen molar-refractivity contribution in [3.05, 3.63) is 83.2 Å². The van der Waals surface area contributed by atoms with Crippen LogP contribution in [0.25, 0.3) is 28.2 Å². The summed E-state index contributed by atoms with van der Waals surface area (Å²) >= 11 is 1.20. The van der Waals surface area contributed by atoms with Crippen LogP contribution >= 0.6 is 11.3 Å². The van der Waals surface area contributed by atoms with E-state index in [4.69, 9.17) is 9.15 Å². The molecule has 0 fully saturated rings. The number of carbonyl (C=O) groups is 2. The first-order valence-corrected chi connectivity index (χ1v) is 10.5. The number of hydrogen-bond acceptors (Lipinski definition) is 5. The lowest BCUT2D eigenvalue weighted by atomic mass is 10.0. The number of furan rings is 1. The first-order valence-electron chi connectivity index (χ1n) is 9.57. The van der Waals surface area contributed by atoms with Gasteiger partial charge < -0.3 is 14.5 Å². The van der Waals surface area contributed by atoms with Crippen LogP contribution in [0, 0.1) is 5.82 Å². The van der Waals surface area contributed by atoms with Crippen molar-refractivity contribution in [3.8, 4) is 11.1 Å². The third-order valence-electron chi connectivity index (χ3n) is 4.51. The third-order valence-corrected chi connectivity index (χ3v) is 5.40. The average Bonchev–Trinajstić information content (AvgIpc) is 3.37. The van der Waals surface area contributed by atoms with Crippen LogP contribution in [0.15, 0.2) is 70.5 Å². The van der Waals surface area contributed by atoms with Gasteiger partial charge in [-0.2, -0.15) is 0 Å². The molecule has 0 saturated heterocycles. The van der Waals surface area contributed by atoms with Gasteiger partial charge in [0.05, 0.1) is 6.61 Å². The van der Waals surface area contributed by atoms with Crippen molar-refractivity contribution in [1.29, 1.82) is 0 Å². The number of amides is 1. The maximum absolute atomic E-state index is 13.3. The second kappa shape index (κ2) is 8.97. The minimum absolute atomic E-state index is 0.191. The van der Waals surface area contributed by atoms with Gasteiger partial charge >= 0.3 is 5.97 Å². The number of nitrogens with one attached hydrogen (secondary N) is 1. The van der Waals surface area contributed by atoms with Crippen LogP contribution in [0.2, 0.25) is 0 Å². The SMILES string of the molecule is CCOC(=O)c1c(-c2ccc(F)cc2)csc1NC(=O)/C=C/c1cc2ccccc2o1. The predicted octanol–water partition coefficient (Wildman–Crippen LogP) is 6.13. The number of carbonyl (C=O) groups excluding carboxylic acids is 2. The van der Waals surface area contributed by atoms with E-state index in [0.29, 0.717) is 21.9 Å². The van der Waals surface area contributed by atoms with Gasteiger partial charge in [-0.3, -0.25) is 4.79 Å². The normalized spacial score (nSPS) is 11.2. The van der Waals surface area contributed by atoms with Crippen molar-refractivity contribution in [2.75, 3.05) is 11.9 Å². The molecule has 31 heavy (non-hydrogen) atoms. The van der Waals surface area contributed by atoms with Crippen molar-refractivity contribution >= 4 is 45.3 Å². The van der Waals surface area contributed by atoms with Gasteiger partial charge in [0.1, 0.15) is 27.7 Å². The van der Waals surface area contributed by atoms with E-state index in [0.717, 1.165) is 11.0 Å². The number of hydrogen-bond donors (Lipinski definition) is 1. The van der Waals surface area contributed by atoms with Crippen LogP contribution in [-0.4, -0.2) is 18.5 Å². The minimum atomic E-state index is -0.556. The monoisotopic (exact) mass is 435 g/mol. The largest absolute Gasteiger partial charge is 0.462 e. The molecule has 0 radical (unpaired) electrons. The van der Waals surface area contributed by atoms with Crippen LogP contribution in [0.3, 0.4) is 0 Å². The molecule has 156 valence electrons. The molecule has 2 aromatic heterocycles. The molecule has 0 aliphatic heterocycles. The van der Waals surface area contributed by atoms with Gasteiger partial charge in [-0.15, -0.1) is 11.3 Å². The van der Waals surface area contributed by atoms with Crippen LogP contribution in [-0.2, 0) is 9.53 Å². The van der Waals surface area contributed by atoms with E-state index < -0.39 is 11.9 Å². The number of ether oxygens (including phenoxy) is 1. The smallest absolute Gasteiger partial charge is 0.341 e. The number of rotatable bonds is 6. The Hall–Kier alpha value is -3.71. The second-order valence-corrected chi connectivity index (χ2v) is 7.47. The third kappa shape index (κ3) is 4.57. The van der Waals surface area contributed by atoms with E-state index in [1.165, 1.54) is 29.5 Å². The number of thiophene rings is 1. The van der Waals surface area contributed by atoms with E-state index in [2.05, 4.69) is 5.32 Å². The lowest BCUT2D eigenvalue weighted by Crippen LogP contribution is -2.12. The van der Waals surface area contributed by atoms with Gasteiger partial charge in [0.2, 0.25) is 5.91 Å². The summed E-state index contributed by atoms with van der Waals surface area (Å²) in [5.41, 5.74) is 2.19. The lowest BCUT2D eigenvalue weighted by Gasteiger charge is -2.08. The van der Waals surface area contributed by atoms with E-state index in [9.17, 15) is 14.0 Å². The molecule has 2 aromatic carbocycles. The number of anilines is 1. The van der Waals surface area contributed by atoms with Crippen molar-refractivity contribution in [2.24, 2.45) is 0 Å². The lowest BCUT2D eigenvalue weighted by molar-refractivity contribution is -0.111. The molecule has 4 rings (SSSR count). The number of esters is 1. The highest BCUT2D eigenvalue weighted by atomic mass is 32.1. The highest BCUT2D eigenvalue weighted by Gasteiger charge is 2.22.